The van der Waals surface area contributed by atoms with Crippen LogP contribution in [0.4, 0.5) is 0 Å². The SMILES string of the molecule is [C+]1=NC=Cc2ccccc21.[Cl-]. The molecule has 54 valence electrons. The largest absolute Gasteiger partial charge is 1.00 e. The van der Waals surface area contributed by atoms with Crippen LogP contribution in [-0.4, -0.2) is 6.21 Å². The van der Waals surface area contributed by atoms with Crippen molar-refractivity contribution in [3.05, 3.63) is 41.6 Å². The molecule has 0 bridgehead atoms. The number of nitrogens with zero attached hydrogens (tertiary/aromatic N) is 1. The molecule has 0 aliphatic carbocycles. The first kappa shape index (κ1) is 7.93. The van der Waals surface area contributed by atoms with E-state index in [4.69, 9.17) is 0 Å². The molecule has 1 aromatic carbocycles. The van der Waals surface area contributed by atoms with Crippen LogP contribution in [0.3, 0.4) is 0 Å². The number of aliphatic imine (C=N–C) groups is 1. The molecule has 0 N–H and O–H groups in total. The van der Waals surface area contributed by atoms with Crippen molar-refractivity contribution in [2.24, 2.45) is 4.99 Å². The quantitative estimate of drug-likeness (QED) is 0.434. The third-order valence-electron chi connectivity index (χ3n) is 1.47. The van der Waals surface area contributed by atoms with Crippen LogP contribution in [0.15, 0.2) is 35.5 Å². The summed E-state index contributed by atoms with van der Waals surface area (Å²) >= 11 is 0. The lowest BCUT2D eigenvalue weighted by Crippen LogP contribution is -3.00. The maximum atomic E-state index is 3.89. The number of hydrogen-bond acceptors (Lipinski definition) is 1. The molecular weight excluding hydrogens is 158 g/mol. The standard InChI is InChI=1S/C9H6N.ClH/c1-2-4-9-7-10-6-5-8(9)3-1;/h1-6H;1H/q+1;/p-1. The molecule has 1 aliphatic heterocycles. The Bertz CT molecular complexity index is 271. The van der Waals surface area contributed by atoms with Crippen LogP contribution in [-0.2, 0) is 0 Å². The zero-order chi connectivity index (χ0) is 6.81. The molecule has 2 rings (SSSR count). The Morgan fingerprint density at radius 2 is 2.00 bits per heavy atom. The van der Waals surface area contributed by atoms with Crippen molar-refractivity contribution in [2.45, 2.75) is 0 Å². The average molecular weight is 164 g/mol. The minimum Gasteiger partial charge on any atom is -1.00 e. The summed E-state index contributed by atoms with van der Waals surface area (Å²) in [6.07, 6.45) is 6.63. The lowest BCUT2D eigenvalue weighted by Gasteiger charge is -1.90. The van der Waals surface area contributed by atoms with Crippen LogP contribution in [0.2, 0.25) is 0 Å². The second kappa shape index (κ2) is 3.29. The van der Waals surface area contributed by atoms with Crippen LogP contribution in [0.25, 0.3) is 6.08 Å². The minimum atomic E-state index is 0. The summed E-state index contributed by atoms with van der Waals surface area (Å²) in [5, 5.41) is 0. The molecule has 0 aromatic heterocycles. The number of benzene rings is 1. The maximum absolute atomic E-state index is 3.89. The summed E-state index contributed by atoms with van der Waals surface area (Å²) in [5.41, 5.74) is 2.27. The van der Waals surface area contributed by atoms with Gasteiger partial charge >= 0.3 is 0 Å². The van der Waals surface area contributed by atoms with Crippen LogP contribution in [0, 0.1) is 0 Å². The maximum Gasteiger partial charge on any atom is 0.175 e. The van der Waals surface area contributed by atoms with Gasteiger partial charge in [0.2, 0.25) is 0 Å². The second-order valence-corrected chi connectivity index (χ2v) is 2.14. The molecular formula is C9H6ClN. The highest BCUT2D eigenvalue weighted by atomic mass is 35.5. The molecule has 0 spiro atoms. The van der Waals surface area contributed by atoms with Gasteiger partial charge in [0.1, 0.15) is 12.4 Å². The molecule has 0 radical (unpaired) electrons. The molecule has 0 amide bonds. The zero-order valence-corrected chi connectivity index (χ0v) is 6.55. The summed E-state index contributed by atoms with van der Waals surface area (Å²) in [7, 11) is 0. The Labute approximate surface area is 71.9 Å². The summed E-state index contributed by atoms with van der Waals surface area (Å²) in [5.74, 6) is 0. The van der Waals surface area contributed by atoms with Gasteiger partial charge in [0.05, 0.1) is 5.56 Å². The van der Waals surface area contributed by atoms with Crippen molar-refractivity contribution in [3.8, 4) is 0 Å². The first-order valence-corrected chi connectivity index (χ1v) is 3.18. The summed E-state index contributed by atoms with van der Waals surface area (Å²) in [4.78, 5) is 3.89. The van der Waals surface area contributed by atoms with Crippen molar-refractivity contribution in [3.63, 3.8) is 0 Å². The van der Waals surface area contributed by atoms with E-state index in [0.29, 0.717) is 0 Å². The van der Waals surface area contributed by atoms with Gasteiger partial charge in [-0.1, -0.05) is 0 Å². The number of hydrogen-bond donors (Lipinski definition) is 0. The zero-order valence-electron chi connectivity index (χ0n) is 5.79. The van der Waals surface area contributed by atoms with E-state index in [1.54, 1.807) is 6.20 Å². The molecule has 0 fully saturated rings. The summed E-state index contributed by atoms with van der Waals surface area (Å²) in [6.45, 7) is 0. The molecule has 11 heavy (non-hydrogen) atoms. The molecule has 0 atom stereocenters. The Hall–Kier alpha value is -1.17. The Morgan fingerprint density at radius 3 is 2.82 bits per heavy atom. The molecule has 1 aliphatic rings. The van der Waals surface area contributed by atoms with E-state index in [2.05, 4.69) is 11.2 Å². The molecule has 0 unspecified atom stereocenters. The molecule has 1 aromatic rings. The van der Waals surface area contributed by atoms with E-state index in [1.807, 2.05) is 30.3 Å². The van der Waals surface area contributed by atoms with E-state index in [1.165, 1.54) is 5.56 Å². The van der Waals surface area contributed by atoms with Gasteiger partial charge in [0, 0.05) is 12.1 Å². The predicted molar refractivity (Wildman–Crippen MR) is 42.0 cm³/mol. The molecule has 1 nitrogen and oxygen atoms in total. The number of halogens is 1. The predicted octanol–water partition coefficient (Wildman–Crippen LogP) is -1.03. The van der Waals surface area contributed by atoms with Crippen molar-refractivity contribution in [1.29, 1.82) is 0 Å². The van der Waals surface area contributed by atoms with Gasteiger partial charge < -0.3 is 12.4 Å². The Balaban J connectivity index is 0.000000605. The van der Waals surface area contributed by atoms with Crippen molar-refractivity contribution >= 4 is 12.3 Å². The van der Waals surface area contributed by atoms with E-state index >= 15 is 0 Å². The Kier molecular flexibility index (Phi) is 2.37. The topological polar surface area (TPSA) is 12.4 Å². The summed E-state index contributed by atoms with van der Waals surface area (Å²) < 4.78 is 0. The van der Waals surface area contributed by atoms with Gasteiger partial charge in [0.25, 0.3) is 0 Å². The third kappa shape index (κ3) is 1.45. The fraction of sp³-hybridized carbons (Fsp3) is 0. The number of fused-ring (bicyclic) bond motifs is 1. The molecule has 1 heterocycles. The van der Waals surface area contributed by atoms with Gasteiger partial charge in [-0.3, -0.25) is 0 Å². The average Bonchev–Trinajstić information content (AvgIpc) is 2.05. The van der Waals surface area contributed by atoms with E-state index in [0.717, 1.165) is 5.56 Å². The van der Waals surface area contributed by atoms with Crippen LogP contribution >= 0.6 is 0 Å². The van der Waals surface area contributed by atoms with Crippen LogP contribution < -0.4 is 12.4 Å². The lowest BCUT2D eigenvalue weighted by molar-refractivity contribution is -0.00000190. The monoisotopic (exact) mass is 163 g/mol. The van der Waals surface area contributed by atoms with Gasteiger partial charge in [-0.2, -0.15) is 0 Å². The molecule has 2 heteroatoms. The highest BCUT2D eigenvalue weighted by Crippen LogP contribution is 2.11. The van der Waals surface area contributed by atoms with E-state index in [9.17, 15) is 0 Å². The van der Waals surface area contributed by atoms with Crippen LogP contribution in [0.1, 0.15) is 11.1 Å². The van der Waals surface area contributed by atoms with E-state index in [-0.39, 0.29) is 12.4 Å². The fourth-order valence-electron chi connectivity index (χ4n) is 0.969. The Morgan fingerprint density at radius 1 is 1.18 bits per heavy atom. The van der Waals surface area contributed by atoms with Gasteiger partial charge in [-0.15, -0.1) is 4.99 Å². The first-order valence-electron chi connectivity index (χ1n) is 3.18. The number of rotatable bonds is 0. The highest BCUT2D eigenvalue weighted by molar-refractivity contribution is 5.88. The minimum absolute atomic E-state index is 0. The molecule has 0 saturated heterocycles. The lowest BCUT2D eigenvalue weighted by atomic mass is 10.1. The first-order chi connectivity index (χ1) is 4.97. The highest BCUT2D eigenvalue weighted by Gasteiger charge is 2.06. The van der Waals surface area contributed by atoms with Crippen molar-refractivity contribution < 1.29 is 12.4 Å². The van der Waals surface area contributed by atoms with Crippen LogP contribution in [0.5, 0.6) is 0 Å². The third-order valence-corrected chi connectivity index (χ3v) is 1.47. The summed E-state index contributed by atoms with van der Waals surface area (Å²) in [6, 6.07) is 8.05. The fourth-order valence-corrected chi connectivity index (χ4v) is 0.969. The smallest absolute Gasteiger partial charge is 0.175 e. The molecule has 0 saturated carbocycles. The normalized spacial score (nSPS) is 11.3. The van der Waals surface area contributed by atoms with Gasteiger partial charge in [-0.25, -0.2) is 0 Å². The van der Waals surface area contributed by atoms with Gasteiger partial charge in [-0.05, 0) is 18.2 Å². The van der Waals surface area contributed by atoms with Crippen molar-refractivity contribution in [1.82, 2.24) is 0 Å². The van der Waals surface area contributed by atoms with Gasteiger partial charge in [0.15, 0.2) is 5.56 Å². The van der Waals surface area contributed by atoms with Crippen molar-refractivity contribution in [2.75, 3.05) is 0 Å². The van der Waals surface area contributed by atoms with E-state index < -0.39 is 0 Å². The second-order valence-electron chi connectivity index (χ2n) is 2.14.